The van der Waals surface area contributed by atoms with E-state index in [0.717, 1.165) is 9.35 Å². The summed E-state index contributed by atoms with van der Waals surface area (Å²) in [5, 5.41) is 12.6. The van der Waals surface area contributed by atoms with Crippen LogP contribution in [0.1, 0.15) is 17.8 Å². The van der Waals surface area contributed by atoms with Crippen molar-refractivity contribution >= 4 is 44.3 Å². The van der Waals surface area contributed by atoms with Gasteiger partial charge in [0.25, 0.3) is 0 Å². The molecule has 1 saturated heterocycles. The molecule has 0 spiro atoms. The summed E-state index contributed by atoms with van der Waals surface area (Å²) in [6.07, 6.45) is 0. The zero-order chi connectivity index (χ0) is 11.0. The van der Waals surface area contributed by atoms with Crippen molar-refractivity contribution < 1.29 is 4.55 Å². The predicted octanol–water partition coefficient (Wildman–Crippen LogP) is 2.27. The van der Waals surface area contributed by atoms with Gasteiger partial charge in [-0.3, -0.25) is 5.41 Å². The zero-order valence-electron chi connectivity index (χ0n) is 8.12. The van der Waals surface area contributed by atoms with Gasteiger partial charge in [0, 0.05) is 14.7 Å². The molecule has 0 bridgehead atoms. The second-order valence-corrected chi connectivity index (χ2v) is 7.13. The van der Waals surface area contributed by atoms with Gasteiger partial charge in [-0.05, 0) is 40.1 Å². The monoisotopic (exact) mass is 306 g/mol. The second kappa shape index (κ2) is 4.45. The van der Waals surface area contributed by atoms with E-state index < -0.39 is 11.2 Å². The Balaban J connectivity index is 2.15. The molecule has 6 heteroatoms. The molecular formula is C9H11BrN2OS2. The van der Waals surface area contributed by atoms with Crippen molar-refractivity contribution in [1.29, 1.82) is 5.41 Å². The van der Waals surface area contributed by atoms with Crippen molar-refractivity contribution in [3.63, 3.8) is 0 Å². The van der Waals surface area contributed by atoms with Gasteiger partial charge in [0.15, 0.2) is 5.25 Å². The van der Waals surface area contributed by atoms with Gasteiger partial charge in [-0.15, -0.1) is 11.3 Å². The Hall–Kier alpha value is -0.0400. The maximum absolute atomic E-state index is 11.7. The highest BCUT2D eigenvalue weighted by atomic mass is 79.9. The molecule has 3 unspecified atom stereocenters. The van der Waals surface area contributed by atoms with Crippen LogP contribution in [0.15, 0.2) is 15.9 Å². The molecule has 1 aromatic rings. The summed E-state index contributed by atoms with van der Waals surface area (Å²) in [5.74, 6) is 0.977. The van der Waals surface area contributed by atoms with Crippen LogP contribution in [0.3, 0.4) is 0 Å². The highest BCUT2D eigenvalue weighted by Crippen LogP contribution is 2.29. The van der Waals surface area contributed by atoms with Crippen LogP contribution in [-0.4, -0.2) is 21.4 Å². The predicted molar refractivity (Wildman–Crippen MR) is 68.1 cm³/mol. The van der Waals surface area contributed by atoms with E-state index in [1.807, 2.05) is 18.4 Å². The molecule has 1 aliphatic rings. The Morgan fingerprint density at radius 1 is 1.73 bits per heavy atom. The van der Waals surface area contributed by atoms with E-state index in [0.29, 0.717) is 11.6 Å². The van der Waals surface area contributed by atoms with Crippen LogP contribution in [0.4, 0.5) is 0 Å². The minimum atomic E-state index is -0.932. The third-order valence-corrected chi connectivity index (χ3v) is 5.89. The van der Waals surface area contributed by atoms with Crippen LogP contribution in [0.25, 0.3) is 0 Å². The largest absolute Gasteiger partial charge is 0.616 e. The van der Waals surface area contributed by atoms with Gasteiger partial charge in [-0.2, -0.15) is 0 Å². The lowest BCUT2D eigenvalue weighted by molar-refractivity contribution is 0.567. The lowest BCUT2D eigenvalue weighted by Crippen LogP contribution is -2.48. The standard InChI is InChI=1S/C9H11BrN2OS2/c1-5-9(11)12-7(4-15(5)13)8-2-6(10)3-14-8/h2-3,5,7H,4H2,1H3,(H2,11,12). The van der Waals surface area contributed by atoms with E-state index in [1.54, 1.807) is 11.3 Å². The molecule has 3 atom stereocenters. The van der Waals surface area contributed by atoms with Crippen LogP contribution in [-0.2, 0) is 11.2 Å². The van der Waals surface area contributed by atoms with E-state index in [4.69, 9.17) is 5.41 Å². The molecule has 2 N–H and O–H groups in total. The molecule has 2 rings (SSSR count). The molecule has 0 radical (unpaired) electrons. The lowest BCUT2D eigenvalue weighted by Gasteiger charge is -2.30. The number of rotatable bonds is 1. The molecule has 1 aliphatic heterocycles. The van der Waals surface area contributed by atoms with Crippen molar-refractivity contribution in [2.45, 2.75) is 18.2 Å². The lowest BCUT2D eigenvalue weighted by atomic mass is 10.2. The van der Waals surface area contributed by atoms with E-state index in [-0.39, 0.29) is 11.3 Å². The molecule has 0 aliphatic carbocycles. The molecule has 15 heavy (non-hydrogen) atoms. The molecule has 82 valence electrons. The first kappa shape index (κ1) is 11.4. The number of thiophene rings is 1. The molecule has 0 aromatic carbocycles. The first-order valence-corrected chi connectivity index (χ1v) is 7.59. The summed E-state index contributed by atoms with van der Waals surface area (Å²) in [7, 11) is 0. The Bertz CT molecular complexity index is 382. The Morgan fingerprint density at radius 2 is 2.47 bits per heavy atom. The maximum Gasteiger partial charge on any atom is 0.169 e. The summed E-state index contributed by atoms with van der Waals surface area (Å²) in [6.45, 7) is 1.83. The summed E-state index contributed by atoms with van der Waals surface area (Å²) in [6, 6.07) is 2.05. The van der Waals surface area contributed by atoms with Gasteiger partial charge in [-0.1, -0.05) is 0 Å². The minimum absolute atomic E-state index is 0.0332. The third-order valence-electron chi connectivity index (χ3n) is 2.39. The van der Waals surface area contributed by atoms with Gasteiger partial charge in [-0.25, -0.2) is 0 Å². The number of nitrogens with one attached hydrogen (secondary N) is 2. The van der Waals surface area contributed by atoms with Crippen molar-refractivity contribution in [3.8, 4) is 0 Å². The fourth-order valence-corrected chi connectivity index (χ4v) is 4.26. The van der Waals surface area contributed by atoms with E-state index >= 15 is 0 Å². The quantitative estimate of drug-likeness (QED) is 0.782. The maximum atomic E-state index is 11.7. The Labute approximate surface area is 104 Å². The van der Waals surface area contributed by atoms with Crippen LogP contribution < -0.4 is 5.32 Å². The van der Waals surface area contributed by atoms with Crippen molar-refractivity contribution in [2.75, 3.05) is 5.75 Å². The molecule has 0 saturated carbocycles. The van der Waals surface area contributed by atoms with Gasteiger partial charge in [0.2, 0.25) is 0 Å². The van der Waals surface area contributed by atoms with Crippen molar-refractivity contribution in [1.82, 2.24) is 5.32 Å². The number of halogens is 1. The van der Waals surface area contributed by atoms with Gasteiger partial charge in [0.05, 0.1) is 0 Å². The molecular weight excluding hydrogens is 296 g/mol. The topological polar surface area (TPSA) is 58.9 Å². The Kier molecular flexibility index (Phi) is 3.39. The second-order valence-electron chi connectivity index (χ2n) is 3.47. The summed E-state index contributed by atoms with van der Waals surface area (Å²) >= 11 is 4.08. The smallest absolute Gasteiger partial charge is 0.169 e. The average Bonchev–Trinajstić information content (AvgIpc) is 2.60. The third kappa shape index (κ3) is 2.38. The molecule has 3 nitrogen and oxygen atoms in total. The Morgan fingerprint density at radius 3 is 3.00 bits per heavy atom. The molecule has 1 aromatic heterocycles. The summed E-state index contributed by atoms with van der Waals surface area (Å²) in [5.41, 5.74) is 0. The molecule has 0 amide bonds. The van der Waals surface area contributed by atoms with E-state index in [1.165, 1.54) is 0 Å². The first-order valence-electron chi connectivity index (χ1n) is 4.54. The minimum Gasteiger partial charge on any atom is -0.616 e. The van der Waals surface area contributed by atoms with Gasteiger partial charge < -0.3 is 9.87 Å². The normalized spacial score (nSPS) is 31.4. The highest BCUT2D eigenvalue weighted by Gasteiger charge is 2.34. The number of hydrogen-bond donors (Lipinski definition) is 2. The van der Waals surface area contributed by atoms with Gasteiger partial charge >= 0.3 is 0 Å². The van der Waals surface area contributed by atoms with Crippen LogP contribution in [0.2, 0.25) is 0 Å². The van der Waals surface area contributed by atoms with E-state index in [2.05, 4.69) is 21.2 Å². The fourth-order valence-electron chi connectivity index (χ4n) is 1.45. The van der Waals surface area contributed by atoms with E-state index in [9.17, 15) is 4.55 Å². The first-order chi connectivity index (χ1) is 7.08. The summed E-state index contributed by atoms with van der Waals surface area (Å²) in [4.78, 5) is 1.13. The zero-order valence-corrected chi connectivity index (χ0v) is 11.3. The average molecular weight is 307 g/mol. The highest BCUT2D eigenvalue weighted by molar-refractivity contribution is 9.10. The molecule has 2 heterocycles. The number of amidine groups is 1. The van der Waals surface area contributed by atoms with Crippen molar-refractivity contribution in [3.05, 3.63) is 20.8 Å². The van der Waals surface area contributed by atoms with Crippen LogP contribution in [0, 0.1) is 5.41 Å². The number of hydrogen-bond acceptors (Lipinski definition) is 3. The SMILES string of the molecule is CC1C(=N)NC(c2cc(Br)cs2)C[S+]1[O-]. The van der Waals surface area contributed by atoms with Crippen LogP contribution in [0.5, 0.6) is 0 Å². The fraction of sp³-hybridized carbons (Fsp3) is 0.444. The van der Waals surface area contributed by atoms with Gasteiger partial charge in [0.1, 0.15) is 17.6 Å². The summed E-state index contributed by atoms with van der Waals surface area (Å²) < 4.78 is 12.8. The van der Waals surface area contributed by atoms with Crippen molar-refractivity contribution in [2.24, 2.45) is 0 Å². The molecule has 1 fully saturated rings. The van der Waals surface area contributed by atoms with Crippen LogP contribution >= 0.6 is 27.3 Å².